The van der Waals surface area contributed by atoms with E-state index in [1.807, 2.05) is 6.07 Å². The maximum Gasteiger partial charge on any atom is 0.255 e. The Labute approximate surface area is 188 Å². The Morgan fingerprint density at radius 2 is 1.67 bits per heavy atom. The number of carbonyl (C=O) groups is 2. The zero-order chi connectivity index (χ0) is 23.4. The fourth-order valence-corrected chi connectivity index (χ4v) is 3.18. The van der Waals surface area contributed by atoms with E-state index in [1.54, 1.807) is 43.3 Å². The van der Waals surface area contributed by atoms with Crippen molar-refractivity contribution < 1.29 is 18.7 Å². The Morgan fingerprint density at radius 1 is 0.939 bits per heavy atom. The van der Waals surface area contributed by atoms with Gasteiger partial charge in [-0.05, 0) is 55.5 Å². The van der Waals surface area contributed by atoms with E-state index in [0.29, 0.717) is 39.9 Å². The van der Waals surface area contributed by atoms with Crippen molar-refractivity contribution in [2.75, 3.05) is 17.7 Å². The second kappa shape index (κ2) is 9.31. The third-order valence-electron chi connectivity index (χ3n) is 4.77. The van der Waals surface area contributed by atoms with Gasteiger partial charge in [0.15, 0.2) is 5.82 Å². The van der Waals surface area contributed by atoms with Crippen LogP contribution in [0.5, 0.6) is 5.75 Å². The maximum atomic E-state index is 13.5. The minimum atomic E-state index is -0.516. The smallest absolute Gasteiger partial charge is 0.255 e. The van der Waals surface area contributed by atoms with E-state index in [-0.39, 0.29) is 11.5 Å². The zero-order valence-corrected chi connectivity index (χ0v) is 17.8. The van der Waals surface area contributed by atoms with E-state index < -0.39 is 11.7 Å². The molecule has 0 atom stereocenters. The number of anilines is 2. The molecule has 0 radical (unpaired) electrons. The van der Waals surface area contributed by atoms with Crippen molar-refractivity contribution in [1.29, 1.82) is 0 Å². The van der Waals surface area contributed by atoms with Crippen LogP contribution in [0.2, 0.25) is 0 Å². The molecular formula is C24H20FN5O3. The zero-order valence-electron chi connectivity index (χ0n) is 17.8. The first kappa shape index (κ1) is 21.7. The van der Waals surface area contributed by atoms with Crippen LogP contribution >= 0.6 is 0 Å². The van der Waals surface area contributed by atoms with Crippen LogP contribution in [0.25, 0.3) is 11.4 Å². The van der Waals surface area contributed by atoms with E-state index >= 15 is 0 Å². The summed E-state index contributed by atoms with van der Waals surface area (Å²) in [5.74, 6) is 0.181. The van der Waals surface area contributed by atoms with Crippen molar-refractivity contribution in [3.05, 3.63) is 89.5 Å². The second-order valence-electron chi connectivity index (χ2n) is 7.16. The topological polar surface area (TPSA) is 109 Å². The number of ether oxygens (including phenoxy) is 1. The molecule has 3 N–H and O–H groups in total. The summed E-state index contributed by atoms with van der Waals surface area (Å²) in [7, 11) is 1.46. The number of hydrogen-bond acceptors (Lipinski definition) is 5. The van der Waals surface area contributed by atoms with Crippen LogP contribution in [0, 0.1) is 12.7 Å². The fourth-order valence-electron chi connectivity index (χ4n) is 3.18. The van der Waals surface area contributed by atoms with Gasteiger partial charge in [-0.2, -0.15) is 5.10 Å². The van der Waals surface area contributed by atoms with Crippen molar-refractivity contribution in [1.82, 2.24) is 15.2 Å². The lowest BCUT2D eigenvalue weighted by molar-refractivity contribution is 0.101. The predicted molar refractivity (Wildman–Crippen MR) is 122 cm³/mol. The van der Waals surface area contributed by atoms with Gasteiger partial charge in [-0.15, -0.1) is 0 Å². The maximum absolute atomic E-state index is 13.5. The second-order valence-corrected chi connectivity index (χ2v) is 7.16. The average Bonchev–Trinajstić information content (AvgIpc) is 3.25. The Hall–Kier alpha value is -4.53. The Balaban J connectivity index is 1.54. The summed E-state index contributed by atoms with van der Waals surface area (Å²) < 4.78 is 18.8. The largest absolute Gasteiger partial charge is 0.495 e. The van der Waals surface area contributed by atoms with Gasteiger partial charge in [0.25, 0.3) is 11.8 Å². The standard InChI is InChI=1S/C24H20FN5O3/c1-14-26-22(30-29-14)15-5-3-6-16(11-15)23(31)27-19-9-10-21(33-2)20(13-19)28-24(32)17-7-4-8-18(25)12-17/h3-13H,1-2H3,(H,27,31)(H,28,32)(H,26,29,30). The lowest BCUT2D eigenvalue weighted by Crippen LogP contribution is -2.15. The first-order chi connectivity index (χ1) is 15.9. The molecule has 3 aromatic carbocycles. The van der Waals surface area contributed by atoms with Gasteiger partial charge in [-0.25, -0.2) is 9.37 Å². The minimum Gasteiger partial charge on any atom is -0.495 e. The third-order valence-corrected chi connectivity index (χ3v) is 4.77. The molecule has 4 aromatic rings. The van der Waals surface area contributed by atoms with Gasteiger partial charge in [0.2, 0.25) is 0 Å². The third kappa shape index (κ3) is 5.04. The number of rotatable bonds is 6. The lowest BCUT2D eigenvalue weighted by atomic mass is 10.1. The van der Waals surface area contributed by atoms with Crippen molar-refractivity contribution in [3.63, 3.8) is 0 Å². The minimum absolute atomic E-state index is 0.158. The van der Waals surface area contributed by atoms with Crippen LogP contribution < -0.4 is 15.4 Å². The number of aryl methyl sites for hydroxylation is 1. The van der Waals surface area contributed by atoms with Crippen molar-refractivity contribution in [2.45, 2.75) is 6.92 Å². The Kier molecular flexibility index (Phi) is 6.12. The summed E-state index contributed by atoms with van der Waals surface area (Å²) in [6.45, 7) is 1.79. The molecule has 0 bridgehead atoms. The van der Waals surface area contributed by atoms with Crippen molar-refractivity contribution in [2.24, 2.45) is 0 Å². The van der Waals surface area contributed by atoms with Crippen LogP contribution in [0.15, 0.2) is 66.7 Å². The molecule has 0 aliphatic heterocycles. The highest BCUT2D eigenvalue weighted by Gasteiger charge is 2.14. The van der Waals surface area contributed by atoms with Gasteiger partial charge in [0.1, 0.15) is 17.4 Å². The molecule has 9 heteroatoms. The molecule has 33 heavy (non-hydrogen) atoms. The van der Waals surface area contributed by atoms with E-state index in [1.165, 1.54) is 25.3 Å². The molecule has 1 heterocycles. The SMILES string of the molecule is COc1ccc(NC(=O)c2cccc(-c3n[nH]c(C)n3)c2)cc1NC(=O)c1cccc(F)c1. The molecule has 0 aliphatic carbocycles. The first-order valence-corrected chi connectivity index (χ1v) is 9.98. The summed E-state index contributed by atoms with van der Waals surface area (Å²) in [5, 5.41) is 12.4. The van der Waals surface area contributed by atoms with Crippen LogP contribution in [-0.2, 0) is 0 Å². The quantitative estimate of drug-likeness (QED) is 0.407. The normalized spacial score (nSPS) is 10.5. The van der Waals surface area contributed by atoms with Crippen LogP contribution in [-0.4, -0.2) is 34.1 Å². The number of nitrogens with zero attached hydrogens (tertiary/aromatic N) is 2. The van der Waals surface area contributed by atoms with Crippen LogP contribution in [0.4, 0.5) is 15.8 Å². The number of amides is 2. The fraction of sp³-hybridized carbons (Fsp3) is 0.0833. The number of aromatic amines is 1. The van der Waals surface area contributed by atoms with Gasteiger partial charge in [-0.1, -0.05) is 18.2 Å². The monoisotopic (exact) mass is 445 g/mol. The number of nitrogens with one attached hydrogen (secondary N) is 3. The molecule has 0 fully saturated rings. The molecule has 4 rings (SSSR count). The molecule has 8 nitrogen and oxygen atoms in total. The molecule has 0 unspecified atom stereocenters. The van der Waals surface area contributed by atoms with Gasteiger partial charge >= 0.3 is 0 Å². The van der Waals surface area contributed by atoms with E-state index in [0.717, 1.165) is 6.07 Å². The van der Waals surface area contributed by atoms with Crippen molar-refractivity contribution >= 4 is 23.2 Å². The van der Waals surface area contributed by atoms with Gasteiger partial charge < -0.3 is 15.4 Å². The van der Waals surface area contributed by atoms with E-state index in [4.69, 9.17) is 4.74 Å². The average molecular weight is 445 g/mol. The van der Waals surface area contributed by atoms with E-state index in [2.05, 4.69) is 25.8 Å². The molecule has 0 saturated heterocycles. The number of carbonyl (C=O) groups excluding carboxylic acids is 2. The highest BCUT2D eigenvalue weighted by molar-refractivity contribution is 6.07. The summed E-state index contributed by atoms with van der Waals surface area (Å²) in [6, 6.07) is 17.1. The molecule has 166 valence electrons. The molecule has 0 aliphatic rings. The highest BCUT2D eigenvalue weighted by Crippen LogP contribution is 2.29. The number of methoxy groups -OCH3 is 1. The number of benzene rings is 3. The number of halogens is 1. The summed E-state index contributed by atoms with van der Waals surface area (Å²) >= 11 is 0. The molecule has 1 aromatic heterocycles. The van der Waals surface area contributed by atoms with E-state index in [9.17, 15) is 14.0 Å². The molecular weight excluding hydrogens is 425 g/mol. The molecule has 0 spiro atoms. The van der Waals surface area contributed by atoms with Crippen LogP contribution in [0.3, 0.4) is 0 Å². The van der Waals surface area contributed by atoms with Crippen molar-refractivity contribution in [3.8, 4) is 17.1 Å². The molecule has 0 saturated carbocycles. The highest BCUT2D eigenvalue weighted by atomic mass is 19.1. The summed E-state index contributed by atoms with van der Waals surface area (Å²) in [5.41, 5.74) is 2.04. The predicted octanol–water partition coefficient (Wildman–Crippen LogP) is 4.43. The number of hydrogen-bond donors (Lipinski definition) is 3. The van der Waals surface area contributed by atoms with Gasteiger partial charge in [0.05, 0.1) is 12.8 Å². The first-order valence-electron chi connectivity index (χ1n) is 9.98. The molecule has 2 amide bonds. The number of aromatic nitrogens is 3. The summed E-state index contributed by atoms with van der Waals surface area (Å²) in [6.07, 6.45) is 0. The van der Waals surface area contributed by atoms with Crippen LogP contribution in [0.1, 0.15) is 26.5 Å². The number of H-pyrrole nitrogens is 1. The van der Waals surface area contributed by atoms with Gasteiger partial charge in [0, 0.05) is 22.4 Å². The lowest BCUT2D eigenvalue weighted by Gasteiger charge is -2.13. The Bertz CT molecular complexity index is 1340. The van der Waals surface area contributed by atoms with Gasteiger partial charge in [-0.3, -0.25) is 14.7 Å². The summed E-state index contributed by atoms with van der Waals surface area (Å²) in [4.78, 5) is 29.6. The Morgan fingerprint density at radius 3 is 2.36 bits per heavy atom.